The second-order valence-electron chi connectivity index (χ2n) is 4.97. The Morgan fingerprint density at radius 1 is 1.21 bits per heavy atom. The van der Waals surface area contributed by atoms with E-state index >= 15 is 0 Å². The number of carbonyl (C=O) groups is 1. The van der Waals surface area contributed by atoms with Gasteiger partial charge in [0.15, 0.2) is 18.1 Å². The number of hydrogen-bond acceptors (Lipinski definition) is 4. The average Bonchev–Trinajstić information content (AvgIpc) is 2.61. The summed E-state index contributed by atoms with van der Waals surface area (Å²) in [6.07, 6.45) is 4.13. The molecule has 2 aromatic carbocycles. The number of hydrazone groups is 1. The van der Waals surface area contributed by atoms with Gasteiger partial charge in [0.2, 0.25) is 0 Å². The largest absolute Gasteiger partial charge is 0.493 e. The topological polar surface area (TPSA) is 59.9 Å². The van der Waals surface area contributed by atoms with Crippen LogP contribution in [-0.4, -0.2) is 25.8 Å². The summed E-state index contributed by atoms with van der Waals surface area (Å²) < 4.78 is 10.8. The van der Waals surface area contributed by atoms with Crippen molar-refractivity contribution in [2.24, 2.45) is 5.10 Å². The summed E-state index contributed by atoms with van der Waals surface area (Å²) in [6, 6.07) is 15.0. The first-order chi connectivity index (χ1) is 11.7. The van der Waals surface area contributed by atoms with Crippen molar-refractivity contribution in [1.82, 2.24) is 5.43 Å². The molecule has 24 heavy (non-hydrogen) atoms. The van der Waals surface area contributed by atoms with Gasteiger partial charge in [-0.05, 0) is 29.7 Å². The molecule has 0 bridgehead atoms. The van der Waals surface area contributed by atoms with Crippen molar-refractivity contribution in [3.8, 4) is 11.5 Å². The van der Waals surface area contributed by atoms with Crippen LogP contribution in [0.3, 0.4) is 0 Å². The third-order valence-electron chi connectivity index (χ3n) is 3.17. The van der Waals surface area contributed by atoms with Crippen molar-refractivity contribution < 1.29 is 14.3 Å². The Balaban J connectivity index is 1.87. The molecule has 0 aliphatic carbocycles. The summed E-state index contributed by atoms with van der Waals surface area (Å²) in [5, 5.41) is 3.89. The van der Waals surface area contributed by atoms with E-state index in [1.807, 2.05) is 48.5 Å². The van der Waals surface area contributed by atoms with E-state index in [0.717, 1.165) is 17.5 Å². The van der Waals surface area contributed by atoms with Crippen LogP contribution in [0.4, 0.5) is 0 Å². The van der Waals surface area contributed by atoms with Crippen molar-refractivity contribution in [2.75, 3.05) is 13.7 Å². The van der Waals surface area contributed by atoms with Gasteiger partial charge < -0.3 is 9.47 Å². The fourth-order valence-electron chi connectivity index (χ4n) is 2.02. The molecule has 0 aliphatic heterocycles. The Labute approximate surface area is 141 Å². The lowest BCUT2D eigenvalue weighted by molar-refractivity contribution is -0.123. The molecule has 0 saturated carbocycles. The highest BCUT2D eigenvalue weighted by atomic mass is 16.5. The number of rotatable bonds is 8. The van der Waals surface area contributed by atoms with E-state index in [1.165, 1.54) is 0 Å². The molecular weight excluding hydrogens is 304 g/mol. The van der Waals surface area contributed by atoms with E-state index in [-0.39, 0.29) is 12.5 Å². The van der Waals surface area contributed by atoms with E-state index in [1.54, 1.807) is 19.4 Å². The molecule has 2 aromatic rings. The SMILES string of the molecule is C=CCc1ccc(OCC(=O)N/N=C/c2ccccc2)c(OC)c1. The Kier molecular flexibility index (Phi) is 6.58. The van der Waals surface area contributed by atoms with Crippen LogP contribution >= 0.6 is 0 Å². The number of methoxy groups -OCH3 is 1. The number of ether oxygens (including phenoxy) is 2. The Bertz CT molecular complexity index is 712. The lowest BCUT2D eigenvalue weighted by Crippen LogP contribution is -2.24. The van der Waals surface area contributed by atoms with Crippen LogP contribution in [0.15, 0.2) is 66.3 Å². The standard InChI is InChI=1S/C19H20N2O3/c1-3-7-15-10-11-17(18(12-15)23-2)24-14-19(22)21-20-13-16-8-5-4-6-9-16/h3-6,8-13H,1,7,14H2,2H3,(H,21,22)/b20-13+. The molecule has 0 radical (unpaired) electrons. The van der Waals surface area contributed by atoms with Gasteiger partial charge in [0.25, 0.3) is 5.91 Å². The molecule has 5 nitrogen and oxygen atoms in total. The molecule has 0 heterocycles. The first-order valence-electron chi connectivity index (χ1n) is 7.50. The second-order valence-corrected chi connectivity index (χ2v) is 4.97. The molecule has 1 amide bonds. The van der Waals surface area contributed by atoms with Crippen molar-refractivity contribution >= 4 is 12.1 Å². The molecule has 2 rings (SSSR count). The predicted molar refractivity (Wildman–Crippen MR) is 94.6 cm³/mol. The van der Waals surface area contributed by atoms with Gasteiger partial charge in [-0.1, -0.05) is 42.5 Å². The third-order valence-corrected chi connectivity index (χ3v) is 3.17. The molecule has 5 heteroatoms. The van der Waals surface area contributed by atoms with Crippen LogP contribution in [0.5, 0.6) is 11.5 Å². The summed E-state index contributed by atoms with van der Waals surface area (Å²) in [7, 11) is 1.56. The number of hydrogen-bond donors (Lipinski definition) is 1. The first-order valence-corrected chi connectivity index (χ1v) is 7.50. The van der Waals surface area contributed by atoms with Crippen LogP contribution in [0, 0.1) is 0 Å². The Morgan fingerprint density at radius 3 is 2.71 bits per heavy atom. The summed E-state index contributed by atoms with van der Waals surface area (Å²) in [4.78, 5) is 11.8. The molecule has 0 saturated heterocycles. The average molecular weight is 324 g/mol. The second kappa shape index (κ2) is 9.15. The first kappa shape index (κ1) is 17.3. The highest BCUT2D eigenvalue weighted by molar-refractivity contribution is 5.82. The minimum absolute atomic E-state index is 0.150. The zero-order valence-corrected chi connectivity index (χ0v) is 13.6. The molecule has 0 spiro atoms. The monoisotopic (exact) mass is 324 g/mol. The summed E-state index contributed by atoms with van der Waals surface area (Å²) in [6.45, 7) is 3.56. The van der Waals surface area contributed by atoms with Gasteiger partial charge in [0.1, 0.15) is 0 Å². The fourth-order valence-corrected chi connectivity index (χ4v) is 2.02. The smallest absolute Gasteiger partial charge is 0.277 e. The van der Waals surface area contributed by atoms with Gasteiger partial charge in [0, 0.05) is 0 Å². The van der Waals surface area contributed by atoms with Crippen molar-refractivity contribution in [3.63, 3.8) is 0 Å². The molecule has 124 valence electrons. The van der Waals surface area contributed by atoms with E-state index in [0.29, 0.717) is 11.5 Å². The zero-order valence-electron chi connectivity index (χ0n) is 13.6. The van der Waals surface area contributed by atoms with Crippen LogP contribution in [-0.2, 0) is 11.2 Å². The van der Waals surface area contributed by atoms with Crippen LogP contribution in [0.25, 0.3) is 0 Å². The number of amides is 1. The summed E-state index contributed by atoms with van der Waals surface area (Å²) in [5.41, 5.74) is 4.38. The van der Waals surface area contributed by atoms with Crippen molar-refractivity contribution in [1.29, 1.82) is 0 Å². The third kappa shape index (κ3) is 5.28. The number of nitrogens with zero attached hydrogens (tertiary/aromatic N) is 1. The molecule has 0 aliphatic rings. The molecule has 0 fully saturated rings. The maximum Gasteiger partial charge on any atom is 0.277 e. The number of allylic oxidation sites excluding steroid dienone is 1. The van der Waals surface area contributed by atoms with E-state index in [4.69, 9.17) is 9.47 Å². The van der Waals surface area contributed by atoms with E-state index in [2.05, 4.69) is 17.1 Å². The van der Waals surface area contributed by atoms with Crippen molar-refractivity contribution in [2.45, 2.75) is 6.42 Å². The number of benzene rings is 2. The van der Waals surface area contributed by atoms with Gasteiger partial charge >= 0.3 is 0 Å². The number of carbonyl (C=O) groups excluding carboxylic acids is 1. The fraction of sp³-hybridized carbons (Fsp3) is 0.158. The lowest BCUT2D eigenvalue weighted by Gasteiger charge is -2.11. The molecule has 1 N–H and O–H groups in total. The lowest BCUT2D eigenvalue weighted by atomic mass is 10.1. The maximum atomic E-state index is 11.8. The summed E-state index contributed by atoms with van der Waals surface area (Å²) in [5.74, 6) is 0.738. The van der Waals surface area contributed by atoms with Gasteiger partial charge in [-0.25, -0.2) is 5.43 Å². The van der Waals surface area contributed by atoms with Crippen LogP contribution < -0.4 is 14.9 Å². The Hall–Kier alpha value is -3.08. The van der Waals surface area contributed by atoms with Crippen molar-refractivity contribution in [3.05, 3.63) is 72.3 Å². The molecule has 0 aromatic heterocycles. The molecular formula is C19H20N2O3. The normalized spacial score (nSPS) is 10.4. The van der Waals surface area contributed by atoms with Gasteiger partial charge in [-0.2, -0.15) is 5.10 Å². The number of nitrogens with one attached hydrogen (secondary N) is 1. The minimum Gasteiger partial charge on any atom is -0.493 e. The van der Waals surface area contributed by atoms with Gasteiger partial charge in [0.05, 0.1) is 13.3 Å². The van der Waals surface area contributed by atoms with E-state index in [9.17, 15) is 4.79 Å². The highest BCUT2D eigenvalue weighted by Crippen LogP contribution is 2.28. The van der Waals surface area contributed by atoms with E-state index < -0.39 is 0 Å². The molecule has 0 unspecified atom stereocenters. The molecule has 0 atom stereocenters. The van der Waals surface area contributed by atoms with Gasteiger partial charge in [-0.15, -0.1) is 6.58 Å². The summed E-state index contributed by atoms with van der Waals surface area (Å²) >= 11 is 0. The maximum absolute atomic E-state index is 11.8. The Morgan fingerprint density at radius 2 is 2.00 bits per heavy atom. The van der Waals surface area contributed by atoms with Crippen LogP contribution in [0.2, 0.25) is 0 Å². The quantitative estimate of drug-likeness (QED) is 0.461. The zero-order chi connectivity index (χ0) is 17.2. The van der Waals surface area contributed by atoms with Crippen LogP contribution in [0.1, 0.15) is 11.1 Å². The predicted octanol–water partition coefficient (Wildman–Crippen LogP) is 2.95. The minimum atomic E-state index is -0.348. The highest BCUT2D eigenvalue weighted by Gasteiger charge is 2.08. The van der Waals surface area contributed by atoms with Gasteiger partial charge in [-0.3, -0.25) is 4.79 Å².